The van der Waals surface area contributed by atoms with Crippen LogP contribution in [0.4, 0.5) is 5.82 Å². The summed E-state index contributed by atoms with van der Waals surface area (Å²) in [7, 11) is 0. The predicted octanol–water partition coefficient (Wildman–Crippen LogP) is 3.04. The van der Waals surface area contributed by atoms with E-state index in [1.165, 1.54) is 11.8 Å². The normalized spacial score (nSPS) is 22.2. The first-order valence-electron chi connectivity index (χ1n) is 9.13. The van der Waals surface area contributed by atoms with Gasteiger partial charge in [0.1, 0.15) is 12.3 Å². The lowest BCUT2D eigenvalue weighted by Gasteiger charge is -2.25. The van der Waals surface area contributed by atoms with Crippen LogP contribution >= 0.6 is 27.7 Å². The number of halogens is 1. The molecule has 148 valence electrons. The number of aliphatic hydroxyl groups excluding tert-OH is 2. The molecular formula is C19H21BrN4O3S. The number of aromatic nitrogens is 2. The van der Waals surface area contributed by atoms with Crippen LogP contribution in [-0.4, -0.2) is 55.4 Å². The van der Waals surface area contributed by atoms with Crippen molar-refractivity contribution < 1.29 is 14.9 Å². The van der Waals surface area contributed by atoms with E-state index in [-0.39, 0.29) is 12.7 Å². The van der Waals surface area contributed by atoms with Crippen molar-refractivity contribution in [2.45, 2.75) is 31.6 Å². The van der Waals surface area contributed by atoms with Crippen molar-refractivity contribution in [1.82, 2.24) is 14.9 Å². The predicted molar refractivity (Wildman–Crippen MR) is 112 cm³/mol. The number of aliphatic hydroxyl groups is 2. The number of hydrogen-bond donors (Lipinski definition) is 2. The van der Waals surface area contributed by atoms with Gasteiger partial charge >= 0.3 is 0 Å². The van der Waals surface area contributed by atoms with Gasteiger partial charge in [0.2, 0.25) is 0 Å². The third-order valence-corrected chi connectivity index (χ3v) is 6.22. The molecule has 0 bridgehead atoms. The first kappa shape index (κ1) is 19.8. The van der Waals surface area contributed by atoms with E-state index in [1.807, 2.05) is 18.3 Å². The van der Waals surface area contributed by atoms with E-state index in [9.17, 15) is 5.11 Å². The molecule has 1 aliphatic carbocycles. The first-order valence-corrected chi connectivity index (χ1v) is 10.9. The second-order valence-corrected chi connectivity index (χ2v) is 8.64. The summed E-state index contributed by atoms with van der Waals surface area (Å²) >= 11 is 4.99. The van der Waals surface area contributed by atoms with Crippen molar-refractivity contribution in [3.05, 3.63) is 46.3 Å². The Morgan fingerprint density at radius 2 is 2.32 bits per heavy atom. The number of hydrogen-bond acceptors (Lipinski definition) is 8. The van der Waals surface area contributed by atoms with E-state index >= 15 is 0 Å². The molecule has 0 saturated carbocycles. The number of aliphatic imine (C=N–C) groups is 1. The third-order valence-electron chi connectivity index (χ3n) is 4.77. The van der Waals surface area contributed by atoms with Gasteiger partial charge in [-0.25, -0.2) is 9.98 Å². The Balaban J connectivity index is 1.58. The lowest BCUT2D eigenvalue weighted by atomic mass is 9.93. The molecule has 2 atom stereocenters. The summed E-state index contributed by atoms with van der Waals surface area (Å²) in [5.41, 5.74) is 2.22. The minimum Gasteiger partial charge on any atom is -0.482 e. The largest absolute Gasteiger partial charge is 0.482 e. The zero-order valence-corrected chi connectivity index (χ0v) is 17.6. The Morgan fingerprint density at radius 1 is 1.43 bits per heavy atom. The fraction of sp³-hybridized carbons (Fsp3) is 0.421. The standard InChI is InChI=1S/C19H21BrN4O3S/c20-12-7-16(27-15-5-1-4-14-13(15)3-2-6-21-14)19(22-8-12)23-17-9-24(11-28-17)18(26)10-25/h2-3,6-8,15,18,25-26H,1,4-5,9-11H2/t15?,18-/m0/s1. The van der Waals surface area contributed by atoms with Crippen LogP contribution in [0.5, 0.6) is 5.75 Å². The zero-order chi connectivity index (χ0) is 19.5. The number of fused-ring (bicyclic) bond motifs is 1. The van der Waals surface area contributed by atoms with Crippen LogP contribution in [0.2, 0.25) is 0 Å². The van der Waals surface area contributed by atoms with Gasteiger partial charge in [0.15, 0.2) is 11.6 Å². The van der Waals surface area contributed by atoms with Crippen LogP contribution in [0.3, 0.4) is 0 Å². The van der Waals surface area contributed by atoms with Crippen LogP contribution in [0.1, 0.15) is 30.2 Å². The van der Waals surface area contributed by atoms with Crippen molar-refractivity contribution in [1.29, 1.82) is 0 Å². The van der Waals surface area contributed by atoms with Gasteiger partial charge in [-0.2, -0.15) is 0 Å². The summed E-state index contributed by atoms with van der Waals surface area (Å²) < 4.78 is 7.17. The molecule has 28 heavy (non-hydrogen) atoms. The van der Waals surface area contributed by atoms with Crippen LogP contribution in [0.15, 0.2) is 40.1 Å². The van der Waals surface area contributed by atoms with Crippen molar-refractivity contribution in [3.8, 4) is 5.75 Å². The number of pyridine rings is 2. The molecule has 9 heteroatoms. The Hall–Kier alpha value is -1.52. The van der Waals surface area contributed by atoms with Gasteiger partial charge in [-0.1, -0.05) is 17.8 Å². The highest BCUT2D eigenvalue weighted by molar-refractivity contribution is 9.10. The fourth-order valence-corrected chi connectivity index (χ4v) is 4.63. The highest BCUT2D eigenvalue weighted by Crippen LogP contribution is 2.37. The molecule has 2 aromatic rings. The van der Waals surface area contributed by atoms with E-state index in [4.69, 9.17) is 9.84 Å². The molecule has 0 aromatic carbocycles. The molecular weight excluding hydrogens is 444 g/mol. The molecule has 0 spiro atoms. The SMILES string of the molecule is OC[C@H](O)N1CSC(=Nc2ncc(Br)cc2OC2CCCc3ncccc32)C1. The molecule has 1 aliphatic heterocycles. The van der Waals surface area contributed by atoms with Crippen LogP contribution in [0.25, 0.3) is 0 Å². The maximum Gasteiger partial charge on any atom is 0.195 e. The topological polar surface area (TPSA) is 91.1 Å². The third kappa shape index (κ3) is 4.38. The molecule has 0 radical (unpaired) electrons. The minimum absolute atomic E-state index is 0.0727. The summed E-state index contributed by atoms with van der Waals surface area (Å²) in [5.74, 6) is 1.71. The Labute approximate surface area is 176 Å². The Morgan fingerprint density at radius 3 is 3.18 bits per heavy atom. The maximum atomic E-state index is 9.80. The average molecular weight is 465 g/mol. The lowest BCUT2D eigenvalue weighted by molar-refractivity contribution is -0.0137. The molecule has 7 nitrogen and oxygen atoms in total. The molecule has 2 aliphatic rings. The fourth-order valence-electron chi connectivity index (χ4n) is 3.34. The molecule has 1 unspecified atom stereocenters. The number of aryl methyl sites for hydroxylation is 1. The van der Waals surface area contributed by atoms with Crippen LogP contribution in [0, 0.1) is 0 Å². The minimum atomic E-state index is -0.875. The van der Waals surface area contributed by atoms with Crippen molar-refractivity contribution in [2.24, 2.45) is 4.99 Å². The van der Waals surface area contributed by atoms with E-state index < -0.39 is 6.23 Å². The molecule has 4 rings (SSSR count). The van der Waals surface area contributed by atoms with Gasteiger partial charge in [0, 0.05) is 28.1 Å². The monoisotopic (exact) mass is 464 g/mol. The van der Waals surface area contributed by atoms with E-state index in [1.54, 1.807) is 11.1 Å². The van der Waals surface area contributed by atoms with Gasteiger partial charge in [-0.15, -0.1) is 0 Å². The van der Waals surface area contributed by atoms with E-state index in [2.05, 4.69) is 37.0 Å². The molecule has 2 N–H and O–H groups in total. The number of thioether (sulfide) groups is 1. The Bertz CT molecular complexity index is 882. The highest BCUT2D eigenvalue weighted by Gasteiger charge is 2.26. The smallest absolute Gasteiger partial charge is 0.195 e. The highest BCUT2D eigenvalue weighted by atomic mass is 79.9. The average Bonchev–Trinajstić information content (AvgIpc) is 3.18. The van der Waals surface area contributed by atoms with Crippen molar-refractivity contribution >= 4 is 38.6 Å². The van der Waals surface area contributed by atoms with E-state index in [0.29, 0.717) is 24.0 Å². The van der Waals surface area contributed by atoms with Gasteiger partial charge in [0.25, 0.3) is 0 Å². The zero-order valence-electron chi connectivity index (χ0n) is 15.2. The number of nitrogens with zero attached hydrogens (tertiary/aromatic N) is 4. The Kier molecular flexibility index (Phi) is 6.27. The molecule has 3 heterocycles. The summed E-state index contributed by atoms with van der Waals surface area (Å²) in [6.45, 7) is 0.174. The first-order chi connectivity index (χ1) is 13.6. The second-order valence-electron chi connectivity index (χ2n) is 6.70. The van der Waals surface area contributed by atoms with E-state index in [0.717, 1.165) is 40.0 Å². The van der Waals surface area contributed by atoms with Crippen molar-refractivity contribution in [2.75, 3.05) is 19.0 Å². The van der Waals surface area contributed by atoms with Gasteiger partial charge in [-0.05, 0) is 47.3 Å². The number of ether oxygens (including phenoxy) is 1. The summed E-state index contributed by atoms with van der Waals surface area (Å²) in [6, 6.07) is 5.90. The lowest BCUT2D eigenvalue weighted by Crippen LogP contribution is -2.35. The molecule has 1 fully saturated rings. The molecule has 0 amide bonds. The maximum absolute atomic E-state index is 9.80. The van der Waals surface area contributed by atoms with Gasteiger partial charge in [0.05, 0.1) is 24.1 Å². The van der Waals surface area contributed by atoms with Gasteiger partial charge in [-0.3, -0.25) is 9.88 Å². The van der Waals surface area contributed by atoms with Crippen LogP contribution in [-0.2, 0) is 6.42 Å². The summed E-state index contributed by atoms with van der Waals surface area (Å²) in [6.07, 6.45) is 5.50. The second kappa shape index (κ2) is 8.87. The summed E-state index contributed by atoms with van der Waals surface area (Å²) in [5, 5.41) is 19.8. The summed E-state index contributed by atoms with van der Waals surface area (Å²) in [4.78, 5) is 15.3. The quantitative estimate of drug-likeness (QED) is 0.702. The number of rotatable bonds is 5. The van der Waals surface area contributed by atoms with Crippen molar-refractivity contribution in [3.63, 3.8) is 0 Å². The van der Waals surface area contributed by atoms with Gasteiger partial charge < -0.3 is 14.9 Å². The molecule has 2 aromatic heterocycles. The van der Waals surface area contributed by atoms with Crippen LogP contribution < -0.4 is 4.74 Å². The molecule has 1 saturated heterocycles.